The monoisotopic (exact) mass is 445 g/mol. The average molecular weight is 445 g/mol. The van der Waals surface area contributed by atoms with Gasteiger partial charge < -0.3 is 37.2 Å². The van der Waals surface area contributed by atoms with E-state index >= 15 is 0 Å². The van der Waals surface area contributed by atoms with Crippen molar-refractivity contribution >= 4 is 41.0 Å². The number of aliphatic carboxylic acids is 2. The number of amides is 1. The lowest BCUT2D eigenvalue weighted by Gasteiger charge is -2.27. The number of carbonyl (C=O) groups is 3. The second-order valence-electron chi connectivity index (χ2n) is 7.16. The highest BCUT2D eigenvalue weighted by atomic mass is 16.4. The number of hydrogen-bond acceptors (Lipinski definition) is 9. The molecule has 0 fully saturated rings. The first-order chi connectivity index (χ1) is 15.2. The highest BCUT2D eigenvalue weighted by molar-refractivity contribution is 5.97. The molecule has 0 saturated carbocycles. The van der Waals surface area contributed by atoms with Crippen LogP contribution < -0.4 is 32.6 Å². The molecule has 0 saturated heterocycles. The second-order valence-corrected chi connectivity index (χ2v) is 7.16. The summed E-state index contributed by atoms with van der Waals surface area (Å²) in [5.41, 5.74) is 6.24. The number of aromatic nitrogens is 2. The topological polar surface area (TPSA) is 212 Å². The van der Waals surface area contributed by atoms with Gasteiger partial charge in [-0.1, -0.05) is 6.07 Å². The molecule has 1 aliphatic heterocycles. The molecule has 1 amide bonds. The van der Waals surface area contributed by atoms with Gasteiger partial charge in [-0.3, -0.25) is 19.4 Å². The number of benzene rings is 1. The third-order valence-corrected chi connectivity index (χ3v) is 4.73. The van der Waals surface area contributed by atoms with E-state index in [1.54, 1.807) is 18.2 Å². The third-order valence-electron chi connectivity index (χ3n) is 4.73. The summed E-state index contributed by atoms with van der Waals surface area (Å²) < 4.78 is 0. The number of aromatic amines is 1. The molecule has 2 heterocycles. The Morgan fingerprint density at radius 2 is 2.06 bits per heavy atom. The molecule has 0 spiro atoms. The highest BCUT2D eigenvalue weighted by Crippen LogP contribution is 2.20. The molecule has 9 N–H and O–H groups in total. The predicted octanol–water partition coefficient (Wildman–Crippen LogP) is -0.282. The van der Waals surface area contributed by atoms with Crippen LogP contribution in [-0.4, -0.2) is 63.2 Å². The molecule has 1 aliphatic rings. The largest absolute Gasteiger partial charge is 0.481 e. The Morgan fingerprint density at radius 1 is 1.28 bits per heavy atom. The fourth-order valence-electron chi connectivity index (χ4n) is 3.13. The Hall–Kier alpha value is -4.29. The molecule has 0 radical (unpaired) electrons. The van der Waals surface area contributed by atoms with Gasteiger partial charge in [-0.25, -0.2) is 4.79 Å². The van der Waals surface area contributed by atoms with E-state index in [0.717, 1.165) is 0 Å². The normalized spacial score (nSPS) is 15.4. The van der Waals surface area contributed by atoms with Crippen LogP contribution in [0.2, 0.25) is 0 Å². The van der Waals surface area contributed by atoms with E-state index in [9.17, 15) is 24.3 Å². The lowest BCUT2D eigenvalue weighted by molar-refractivity contribution is -0.140. The lowest BCUT2D eigenvalue weighted by Crippen LogP contribution is -2.41. The maximum Gasteiger partial charge on any atom is 0.326 e. The molecular formula is C19H23N7O6. The Morgan fingerprint density at radius 3 is 2.78 bits per heavy atom. The molecule has 0 bridgehead atoms. The molecule has 3 rings (SSSR count). The van der Waals surface area contributed by atoms with E-state index in [2.05, 4.69) is 31.2 Å². The van der Waals surface area contributed by atoms with Crippen molar-refractivity contribution in [3.8, 4) is 0 Å². The molecule has 13 heteroatoms. The van der Waals surface area contributed by atoms with Gasteiger partial charge in [0.05, 0.1) is 6.04 Å². The van der Waals surface area contributed by atoms with Gasteiger partial charge in [0.15, 0.2) is 5.82 Å². The van der Waals surface area contributed by atoms with Gasteiger partial charge in [0.1, 0.15) is 11.7 Å². The van der Waals surface area contributed by atoms with Gasteiger partial charge in [-0.2, -0.15) is 4.98 Å². The van der Waals surface area contributed by atoms with Crippen molar-refractivity contribution in [1.29, 1.82) is 0 Å². The third kappa shape index (κ3) is 5.65. The summed E-state index contributed by atoms with van der Waals surface area (Å²) in [6, 6.07) is 4.94. The Labute approximate surface area is 181 Å². The lowest BCUT2D eigenvalue weighted by atomic mass is 10.1. The summed E-state index contributed by atoms with van der Waals surface area (Å²) in [7, 11) is 0. The van der Waals surface area contributed by atoms with E-state index in [4.69, 9.17) is 10.8 Å². The summed E-state index contributed by atoms with van der Waals surface area (Å²) in [5.74, 6) is -2.70. The van der Waals surface area contributed by atoms with Crippen molar-refractivity contribution in [1.82, 2.24) is 15.3 Å². The number of carboxylic acid groups (broad SMARTS) is 2. The Kier molecular flexibility index (Phi) is 6.77. The van der Waals surface area contributed by atoms with Crippen molar-refractivity contribution in [2.45, 2.75) is 24.9 Å². The van der Waals surface area contributed by atoms with Crippen LogP contribution in [0.1, 0.15) is 23.2 Å². The molecule has 32 heavy (non-hydrogen) atoms. The first-order valence-corrected chi connectivity index (χ1v) is 9.72. The van der Waals surface area contributed by atoms with E-state index in [1.165, 1.54) is 6.07 Å². The van der Waals surface area contributed by atoms with E-state index in [1.807, 2.05) is 0 Å². The van der Waals surface area contributed by atoms with Crippen LogP contribution in [0.25, 0.3) is 0 Å². The first-order valence-electron chi connectivity index (χ1n) is 9.72. The molecule has 13 nitrogen and oxygen atoms in total. The van der Waals surface area contributed by atoms with Gasteiger partial charge in [0, 0.05) is 30.8 Å². The number of H-pyrrole nitrogens is 1. The van der Waals surface area contributed by atoms with Crippen molar-refractivity contribution in [3.63, 3.8) is 0 Å². The van der Waals surface area contributed by atoms with Gasteiger partial charge >= 0.3 is 11.9 Å². The van der Waals surface area contributed by atoms with Crippen LogP contribution in [0.3, 0.4) is 0 Å². The molecule has 1 aromatic heterocycles. The number of nitrogens with two attached hydrogens (primary N) is 1. The average Bonchev–Trinajstić information content (AvgIpc) is 2.75. The molecule has 2 unspecified atom stereocenters. The van der Waals surface area contributed by atoms with E-state index in [0.29, 0.717) is 24.6 Å². The van der Waals surface area contributed by atoms with Crippen LogP contribution in [-0.2, 0) is 9.59 Å². The van der Waals surface area contributed by atoms with Crippen LogP contribution in [0, 0.1) is 0 Å². The fraction of sp³-hybridized carbons (Fsp3) is 0.316. The molecule has 170 valence electrons. The maximum atomic E-state index is 12.4. The first kappa shape index (κ1) is 22.4. The number of nitrogens with zero attached hydrogens (tertiary/aromatic N) is 1. The molecular weight excluding hydrogens is 422 g/mol. The van der Waals surface area contributed by atoms with Gasteiger partial charge in [-0.05, 0) is 24.6 Å². The summed E-state index contributed by atoms with van der Waals surface area (Å²) in [6.45, 7) is 0.873. The summed E-state index contributed by atoms with van der Waals surface area (Å²) in [6.07, 6.45) is -0.606. The summed E-state index contributed by atoms with van der Waals surface area (Å²) in [4.78, 5) is 52.9. The van der Waals surface area contributed by atoms with Gasteiger partial charge in [0.25, 0.3) is 11.5 Å². The highest BCUT2D eigenvalue weighted by Gasteiger charge is 2.23. The smallest absolute Gasteiger partial charge is 0.326 e. The molecule has 2 atom stereocenters. The van der Waals surface area contributed by atoms with E-state index < -0.39 is 23.9 Å². The van der Waals surface area contributed by atoms with Crippen molar-refractivity contribution in [2.75, 3.05) is 34.8 Å². The number of carboxylic acids is 2. The quantitative estimate of drug-likeness (QED) is 0.251. The van der Waals surface area contributed by atoms with Crippen molar-refractivity contribution < 1.29 is 24.6 Å². The molecule has 0 aliphatic carbocycles. The number of nitrogens with one attached hydrogen (secondary N) is 5. The SMILES string of the molecule is Nc1nc2c(c(=O)[nH]1)NC(CNc1cccc(C(=O)NC(CCC(=O)O)C(=O)O)c1)CN2. The number of anilines is 4. The standard InChI is InChI=1S/C19H23N7O6/c20-19-25-15-14(17(30)26-19)23-11(8-22-15)7-21-10-3-1-2-9(6-10)16(29)24-12(18(31)32)4-5-13(27)28/h1-3,6,11-12,21,23H,4-5,7-8H2,(H,24,29)(H,27,28)(H,31,32)(H4,20,22,25,26,30). The Bertz CT molecular complexity index is 1090. The molecule has 1 aromatic carbocycles. The predicted molar refractivity (Wildman–Crippen MR) is 116 cm³/mol. The van der Waals surface area contributed by atoms with Crippen LogP contribution in [0.15, 0.2) is 29.1 Å². The minimum Gasteiger partial charge on any atom is -0.481 e. The molecule has 2 aromatic rings. The van der Waals surface area contributed by atoms with Gasteiger partial charge in [-0.15, -0.1) is 0 Å². The number of carbonyl (C=O) groups excluding carboxylic acids is 1. The zero-order valence-electron chi connectivity index (χ0n) is 16.8. The van der Waals surface area contributed by atoms with Gasteiger partial charge in [0.2, 0.25) is 5.95 Å². The summed E-state index contributed by atoms with van der Waals surface area (Å²) in [5, 5.41) is 29.5. The number of nitrogen functional groups attached to an aromatic ring is 1. The zero-order valence-corrected chi connectivity index (χ0v) is 16.8. The zero-order chi connectivity index (χ0) is 23.3. The number of hydrogen-bond donors (Lipinski definition) is 8. The van der Waals surface area contributed by atoms with Crippen LogP contribution in [0.4, 0.5) is 23.1 Å². The summed E-state index contributed by atoms with van der Waals surface area (Å²) >= 11 is 0. The number of rotatable bonds is 9. The Balaban J connectivity index is 1.60. The van der Waals surface area contributed by atoms with E-state index in [-0.39, 0.29) is 41.6 Å². The minimum absolute atomic E-state index is 0.0165. The number of fused-ring (bicyclic) bond motifs is 1. The second kappa shape index (κ2) is 9.68. The van der Waals surface area contributed by atoms with Crippen molar-refractivity contribution in [2.24, 2.45) is 0 Å². The van der Waals surface area contributed by atoms with Crippen LogP contribution in [0.5, 0.6) is 0 Å². The fourth-order valence-corrected chi connectivity index (χ4v) is 3.13. The van der Waals surface area contributed by atoms with Crippen molar-refractivity contribution in [3.05, 3.63) is 40.2 Å². The minimum atomic E-state index is -1.31. The maximum absolute atomic E-state index is 12.4. The van der Waals surface area contributed by atoms with Crippen LogP contribution >= 0.6 is 0 Å².